The van der Waals surface area contributed by atoms with Crippen LogP contribution in [0.4, 0.5) is 0 Å². The average molecular weight is 400 g/mol. The maximum atomic E-state index is 13.2. The van der Waals surface area contributed by atoms with Crippen LogP contribution in [-0.2, 0) is 4.79 Å². The summed E-state index contributed by atoms with van der Waals surface area (Å²) in [7, 11) is 1.86. The first-order chi connectivity index (χ1) is 13.6. The van der Waals surface area contributed by atoms with Crippen molar-refractivity contribution in [2.24, 2.45) is 5.92 Å². The van der Waals surface area contributed by atoms with Crippen molar-refractivity contribution in [1.82, 2.24) is 15.5 Å². The Kier molecular flexibility index (Phi) is 5.97. The van der Waals surface area contributed by atoms with Crippen LogP contribution >= 0.6 is 11.8 Å². The molecule has 0 spiro atoms. The molecule has 0 saturated heterocycles. The highest BCUT2D eigenvalue weighted by Crippen LogP contribution is 2.39. The minimum Gasteiger partial charge on any atom is -0.372 e. The zero-order valence-corrected chi connectivity index (χ0v) is 17.2. The van der Waals surface area contributed by atoms with Crippen LogP contribution in [-0.4, -0.2) is 41.0 Å². The predicted molar refractivity (Wildman–Crippen MR) is 113 cm³/mol. The van der Waals surface area contributed by atoms with E-state index in [1.807, 2.05) is 23.7 Å². The number of allylic oxidation sites excluding steroid dienone is 1. The molecular weight excluding hydrogens is 370 g/mol. The molecule has 0 aromatic heterocycles. The molecule has 1 heterocycles. The fraction of sp³-hybridized carbons (Fsp3) is 0.500. The van der Waals surface area contributed by atoms with Crippen LogP contribution in [0.15, 0.2) is 47.3 Å². The molecule has 3 aliphatic rings. The van der Waals surface area contributed by atoms with Gasteiger partial charge in [0.15, 0.2) is 0 Å². The van der Waals surface area contributed by atoms with Crippen LogP contribution < -0.4 is 10.6 Å². The van der Waals surface area contributed by atoms with Crippen molar-refractivity contribution in [2.75, 3.05) is 13.6 Å². The van der Waals surface area contributed by atoms with Crippen molar-refractivity contribution >= 4 is 23.2 Å². The summed E-state index contributed by atoms with van der Waals surface area (Å²) < 4.78 is 0. The summed E-state index contributed by atoms with van der Waals surface area (Å²) in [6.07, 6.45) is 10.6. The summed E-state index contributed by atoms with van der Waals surface area (Å²) in [6.45, 7) is 0.431. The summed E-state index contributed by atoms with van der Waals surface area (Å²) in [5.74, 6) is 1.05. The molecule has 2 saturated carbocycles. The van der Waals surface area contributed by atoms with E-state index in [-0.39, 0.29) is 5.91 Å². The molecule has 1 unspecified atom stereocenters. The van der Waals surface area contributed by atoms with Crippen molar-refractivity contribution in [3.05, 3.63) is 47.9 Å². The average Bonchev–Trinajstić information content (AvgIpc) is 3.34. The number of carbonyl (C=O) groups excluding carboxylic acids is 1. The largest absolute Gasteiger partial charge is 0.372 e. The van der Waals surface area contributed by atoms with Crippen LogP contribution in [0.3, 0.4) is 0 Å². The molecule has 4 rings (SSSR count). The van der Waals surface area contributed by atoms with Gasteiger partial charge in [0.05, 0.1) is 6.54 Å². The van der Waals surface area contributed by atoms with Gasteiger partial charge in [-0.15, -0.1) is 11.8 Å². The number of rotatable bonds is 6. The van der Waals surface area contributed by atoms with Gasteiger partial charge in [-0.3, -0.25) is 4.79 Å². The molecule has 1 aromatic rings. The Morgan fingerprint density at radius 2 is 1.93 bits per heavy atom. The number of hydrogen-bond acceptors (Lipinski definition) is 5. The summed E-state index contributed by atoms with van der Waals surface area (Å²) >= 11 is 1.93. The maximum Gasteiger partial charge on any atom is 0.257 e. The molecular formula is C22H29N3O2S. The Hall–Kier alpha value is -1.92. The molecule has 1 amide bonds. The number of benzene rings is 1. The molecule has 28 heavy (non-hydrogen) atoms. The van der Waals surface area contributed by atoms with Crippen molar-refractivity contribution in [2.45, 2.75) is 54.9 Å². The number of amides is 1. The van der Waals surface area contributed by atoms with E-state index in [2.05, 4.69) is 41.0 Å². The quantitative estimate of drug-likeness (QED) is 0.641. The summed E-state index contributed by atoms with van der Waals surface area (Å²) in [6, 6.07) is 8.42. The lowest BCUT2D eigenvalue weighted by Crippen LogP contribution is -2.46. The van der Waals surface area contributed by atoms with Gasteiger partial charge in [0.25, 0.3) is 5.91 Å². The summed E-state index contributed by atoms with van der Waals surface area (Å²) in [5, 5.41) is 16.3. The van der Waals surface area contributed by atoms with Crippen LogP contribution in [0.25, 0.3) is 5.57 Å². The Bertz CT molecular complexity index is 764. The van der Waals surface area contributed by atoms with E-state index in [9.17, 15) is 9.90 Å². The Balaban J connectivity index is 1.53. The first kappa shape index (κ1) is 19.4. The van der Waals surface area contributed by atoms with Gasteiger partial charge in [0.1, 0.15) is 12.0 Å². The van der Waals surface area contributed by atoms with Gasteiger partial charge in [0.2, 0.25) is 0 Å². The second kappa shape index (κ2) is 8.62. The van der Waals surface area contributed by atoms with Gasteiger partial charge in [-0.1, -0.05) is 31.1 Å². The highest BCUT2D eigenvalue weighted by atomic mass is 32.2. The summed E-state index contributed by atoms with van der Waals surface area (Å²) in [5.41, 5.74) is 1.71. The van der Waals surface area contributed by atoms with E-state index in [4.69, 9.17) is 0 Å². The van der Waals surface area contributed by atoms with E-state index < -0.39 is 6.23 Å². The first-order valence-electron chi connectivity index (χ1n) is 10.2. The number of nitrogens with zero attached hydrogens (tertiary/aromatic N) is 1. The molecule has 2 fully saturated rings. The Morgan fingerprint density at radius 1 is 1.21 bits per heavy atom. The third-order valence-electron chi connectivity index (χ3n) is 5.55. The summed E-state index contributed by atoms with van der Waals surface area (Å²) in [4.78, 5) is 16.3. The number of thioether (sulfide) groups is 1. The van der Waals surface area contributed by atoms with Crippen molar-refractivity contribution in [1.29, 1.82) is 0 Å². The number of aliphatic hydroxyl groups is 1. The highest BCUT2D eigenvalue weighted by Gasteiger charge is 2.24. The van der Waals surface area contributed by atoms with E-state index >= 15 is 0 Å². The van der Waals surface area contributed by atoms with Gasteiger partial charge >= 0.3 is 0 Å². The first-order valence-corrected chi connectivity index (χ1v) is 11.1. The SMILES string of the molecule is CN1CC(O)NC=C1NC(=O)/C(=C/C1CCCC1)c1ccc(SC2CC2)cc1. The van der Waals surface area contributed by atoms with Gasteiger partial charge in [0, 0.05) is 29.0 Å². The number of nitrogens with one attached hydrogen (secondary N) is 2. The normalized spacial score (nSPS) is 23.4. The van der Waals surface area contributed by atoms with Crippen LogP contribution in [0.2, 0.25) is 0 Å². The van der Waals surface area contributed by atoms with Crippen molar-refractivity contribution < 1.29 is 9.90 Å². The van der Waals surface area contributed by atoms with Crippen LogP contribution in [0.1, 0.15) is 44.1 Å². The number of carbonyl (C=O) groups is 1. The molecule has 0 bridgehead atoms. The van der Waals surface area contributed by atoms with Gasteiger partial charge in [-0.2, -0.15) is 0 Å². The monoisotopic (exact) mass is 399 g/mol. The smallest absolute Gasteiger partial charge is 0.257 e. The lowest BCUT2D eigenvalue weighted by Gasteiger charge is -2.30. The maximum absolute atomic E-state index is 13.2. The number of hydrogen-bond donors (Lipinski definition) is 3. The molecule has 5 nitrogen and oxygen atoms in total. The molecule has 1 atom stereocenters. The van der Waals surface area contributed by atoms with E-state index in [0.29, 0.717) is 18.3 Å². The number of β-amino-alcohol motifs (C(OH)–C–C–N with tert-alkyl or cyclic N) is 1. The highest BCUT2D eigenvalue weighted by molar-refractivity contribution is 8.00. The number of aliphatic hydroxyl groups excluding tert-OH is 1. The Morgan fingerprint density at radius 3 is 2.57 bits per heavy atom. The fourth-order valence-electron chi connectivity index (χ4n) is 3.77. The molecule has 3 N–H and O–H groups in total. The fourth-order valence-corrected chi connectivity index (χ4v) is 4.82. The molecule has 1 aliphatic heterocycles. The Labute approximate surface area is 171 Å². The van der Waals surface area contributed by atoms with E-state index in [1.54, 1.807) is 6.20 Å². The molecule has 150 valence electrons. The topological polar surface area (TPSA) is 64.6 Å². The van der Waals surface area contributed by atoms with E-state index in [1.165, 1.54) is 30.6 Å². The molecule has 2 aliphatic carbocycles. The predicted octanol–water partition coefficient (Wildman–Crippen LogP) is 3.28. The van der Waals surface area contributed by atoms with Gasteiger partial charge in [-0.25, -0.2) is 0 Å². The lowest BCUT2D eigenvalue weighted by molar-refractivity contribution is -0.115. The molecule has 1 aromatic carbocycles. The zero-order valence-electron chi connectivity index (χ0n) is 16.4. The zero-order chi connectivity index (χ0) is 19.5. The van der Waals surface area contributed by atoms with Gasteiger partial charge < -0.3 is 20.6 Å². The second-order valence-electron chi connectivity index (χ2n) is 8.01. The van der Waals surface area contributed by atoms with Crippen molar-refractivity contribution in [3.63, 3.8) is 0 Å². The third-order valence-corrected chi connectivity index (χ3v) is 6.90. The molecule has 6 heteroatoms. The standard InChI is InChI=1S/C22H29N3O2S/c1-25-14-21(26)23-13-20(25)24-22(27)19(12-15-4-2-3-5-15)16-6-8-17(9-7-16)28-18-10-11-18/h6-9,12-13,15,18,21,23,26H,2-5,10-11,14H2,1H3,(H,24,27)/b19-12+. The van der Waals surface area contributed by atoms with Crippen molar-refractivity contribution in [3.8, 4) is 0 Å². The minimum atomic E-state index is -0.615. The second-order valence-corrected chi connectivity index (χ2v) is 9.39. The van der Waals surface area contributed by atoms with E-state index in [0.717, 1.165) is 29.2 Å². The van der Waals surface area contributed by atoms with Crippen LogP contribution in [0.5, 0.6) is 0 Å². The minimum absolute atomic E-state index is 0.0919. The van der Waals surface area contributed by atoms with Gasteiger partial charge in [-0.05, 0) is 49.3 Å². The van der Waals surface area contributed by atoms with Crippen LogP contribution in [0, 0.1) is 5.92 Å². The number of likely N-dealkylation sites (N-methyl/N-ethyl adjacent to an activating group) is 1. The molecule has 0 radical (unpaired) electrons. The third kappa shape index (κ3) is 4.92. The lowest BCUT2D eigenvalue weighted by atomic mass is 9.98.